The minimum absolute atomic E-state index is 0.602. The van der Waals surface area contributed by atoms with E-state index in [1.165, 1.54) is 90.1 Å². The molecule has 0 spiro atoms. The Bertz CT molecular complexity index is 226. The Kier molecular flexibility index (Phi) is 16.3. The molecular formula is C22H48N2. The summed E-state index contributed by atoms with van der Waals surface area (Å²) in [7, 11) is 0. The molecule has 0 bridgehead atoms. The molecule has 0 aromatic heterocycles. The molecule has 24 heavy (non-hydrogen) atoms. The maximum absolute atomic E-state index is 2.68. The number of rotatable bonds is 17. The van der Waals surface area contributed by atoms with Crippen LogP contribution in [0.1, 0.15) is 119 Å². The van der Waals surface area contributed by atoms with E-state index >= 15 is 0 Å². The van der Waals surface area contributed by atoms with Crippen molar-refractivity contribution in [3.8, 4) is 0 Å². The minimum atomic E-state index is 0.602. The molecule has 2 nitrogen and oxygen atoms in total. The quantitative estimate of drug-likeness (QED) is 0.207. The van der Waals surface area contributed by atoms with Crippen molar-refractivity contribution in [3.05, 3.63) is 0 Å². The van der Waals surface area contributed by atoms with E-state index in [1.54, 1.807) is 0 Å². The second-order valence-electron chi connectivity index (χ2n) is 8.06. The Morgan fingerprint density at radius 3 is 1.17 bits per heavy atom. The molecule has 0 radical (unpaired) electrons. The fraction of sp³-hybridized carbons (Fsp3) is 1.00. The van der Waals surface area contributed by atoms with Crippen molar-refractivity contribution in [2.24, 2.45) is 0 Å². The average molecular weight is 341 g/mol. The van der Waals surface area contributed by atoms with Crippen molar-refractivity contribution in [2.45, 2.75) is 131 Å². The van der Waals surface area contributed by atoms with Gasteiger partial charge in [-0.15, -0.1) is 0 Å². The van der Waals surface area contributed by atoms with Gasteiger partial charge in [-0.3, -0.25) is 0 Å². The molecule has 0 unspecified atom stereocenters. The van der Waals surface area contributed by atoms with Crippen LogP contribution in [-0.2, 0) is 0 Å². The van der Waals surface area contributed by atoms with Gasteiger partial charge >= 0.3 is 0 Å². The first-order valence-electron chi connectivity index (χ1n) is 11.1. The van der Waals surface area contributed by atoms with Crippen molar-refractivity contribution in [3.63, 3.8) is 0 Å². The van der Waals surface area contributed by atoms with Crippen LogP contribution in [0.25, 0.3) is 0 Å². The van der Waals surface area contributed by atoms with E-state index in [9.17, 15) is 0 Å². The molecule has 0 heterocycles. The van der Waals surface area contributed by atoms with Crippen LogP contribution >= 0.6 is 0 Å². The third-order valence-electron chi connectivity index (χ3n) is 4.92. The summed E-state index contributed by atoms with van der Waals surface area (Å²) in [6, 6.07) is 1.20. The standard InChI is InChI=1S/C22H48N2/c1-7-9-11-13-15-17-19-23(24(21(3)4)22(5)6)20-18-16-14-12-10-8-2/h21-22H,7-20H2,1-6H3. The zero-order valence-electron chi connectivity index (χ0n) is 17.9. The fourth-order valence-electron chi connectivity index (χ4n) is 3.74. The lowest BCUT2D eigenvalue weighted by Crippen LogP contribution is -2.51. The topological polar surface area (TPSA) is 6.48 Å². The molecule has 0 atom stereocenters. The molecule has 146 valence electrons. The largest absolute Gasteiger partial charge is 0.241 e. The lowest BCUT2D eigenvalue weighted by molar-refractivity contribution is -0.0776. The Hall–Kier alpha value is -0.0800. The third kappa shape index (κ3) is 12.3. The van der Waals surface area contributed by atoms with Crippen LogP contribution in [0, 0.1) is 0 Å². The molecule has 2 heteroatoms. The number of hydrogen-bond acceptors (Lipinski definition) is 2. The highest BCUT2D eigenvalue weighted by atomic mass is 15.6. The van der Waals surface area contributed by atoms with Gasteiger partial charge in [0.05, 0.1) is 0 Å². The van der Waals surface area contributed by atoms with Crippen LogP contribution in [0.3, 0.4) is 0 Å². The van der Waals surface area contributed by atoms with Gasteiger partial charge in [-0.1, -0.05) is 78.1 Å². The maximum atomic E-state index is 2.68. The summed E-state index contributed by atoms with van der Waals surface area (Å²) in [4.78, 5) is 0. The van der Waals surface area contributed by atoms with Gasteiger partial charge in [0.2, 0.25) is 0 Å². The molecule has 0 amide bonds. The van der Waals surface area contributed by atoms with Gasteiger partial charge in [-0.05, 0) is 40.5 Å². The Morgan fingerprint density at radius 1 is 0.500 bits per heavy atom. The van der Waals surface area contributed by atoms with Crippen molar-refractivity contribution in [1.29, 1.82) is 0 Å². The van der Waals surface area contributed by atoms with E-state index < -0.39 is 0 Å². The van der Waals surface area contributed by atoms with Crippen molar-refractivity contribution in [1.82, 2.24) is 10.0 Å². The van der Waals surface area contributed by atoms with E-state index in [1.807, 2.05) is 0 Å². The van der Waals surface area contributed by atoms with Crippen LogP contribution in [0.2, 0.25) is 0 Å². The van der Waals surface area contributed by atoms with E-state index in [4.69, 9.17) is 0 Å². The maximum Gasteiger partial charge on any atom is 0.0192 e. The van der Waals surface area contributed by atoms with Gasteiger partial charge in [0.25, 0.3) is 0 Å². The smallest absolute Gasteiger partial charge is 0.0192 e. The van der Waals surface area contributed by atoms with Gasteiger partial charge in [0.1, 0.15) is 0 Å². The Labute approximate surface area is 154 Å². The summed E-state index contributed by atoms with van der Waals surface area (Å²) in [5.41, 5.74) is 0. The Morgan fingerprint density at radius 2 is 0.833 bits per heavy atom. The SMILES string of the molecule is CCCCCCCCN(CCCCCCCC)N(C(C)C)C(C)C. The first kappa shape index (κ1) is 23.9. The molecular weight excluding hydrogens is 292 g/mol. The molecule has 0 aliphatic rings. The highest BCUT2D eigenvalue weighted by Gasteiger charge is 2.20. The highest BCUT2D eigenvalue weighted by molar-refractivity contribution is 4.67. The molecule has 0 aliphatic heterocycles. The molecule has 0 rings (SSSR count). The molecule has 0 aromatic rings. The number of hydrazine groups is 1. The predicted octanol–water partition coefficient (Wildman–Crippen LogP) is 7.04. The third-order valence-corrected chi connectivity index (χ3v) is 4.92. The predicted molar refractivity (Wildman–Crippen MR) is 110 cm³/mol. The fourth-order valence-corrected chi connectivity index (χ4v) is 3.74. The molecule has 0 fully saturated rings. The van der Waals surface area contributed by atoms with Crippen LogP contribution in [-0.4, -0.2) is 35.2 Å². The van der Waals surface area contributed by atoms with Crippen LogP contribution in [0.5, 0.6) is 0 Å². The summed E-state index contributed by atoms with van der Waals surface area (Å²) in [6.45, 7) is 16.5. The summed E-state index contributed by atoms with van der Waals surface area (Å²) < 4.78 is 0. The van der Waals surface area contributed by atoms with Crippen molar-refractivity contribution < 1.29 is 0 Å². The van der Waals surface area contributed by atoms with E-state index in [2.05, 4.69) is 51.6 Å². The molecule has 0 saturated carbocycles. The monoisotopic (exact) mass is 340 g/mol. The number of unbranched alkanes of at least 4 members (excludes halogenated alkanes) is 10. The molecule has 0 aliphatic carbocycles. The second kappa shape index (κ2) is 16.4. The minimum Gasteiger partial charge on any atom is -0.241 e. The van der Waals surface area contributed by atoms with Gasteiger partial charge in [0, 0.05) is 25.2 Å². The van der Waals surface area contributed by atoms with Gasteiger partial charge < -0.3 is 0 Å². The van der Waals surface area contributed by atoms with Gasteiger partial charge in [0.15, 0.2) is 0 Å². The number of hydrogen-bond donors (Lipinski definition) is 0. The number of nitrogens with zero attached hydrogens (tertiary/aromatic N) is 2. The zero-order chi connectivity index (χ0) is 18.2. The second-order valence-corrected chi connectivity index (χ2v) is 8.06. The van der Waals surface area contributed by atoms with Crippen molar-refractivity contribution >= 4 is 0 Å². The summed E-state index contributed by atoms with van der Waals surface area (Å²) in [5, 5.41) is 5.30. The molecule has 0 saturated heterocycles. The van der Waals surface area contributed by atoms with E-state index in [-0.39, 0.29) is 0 Å². The molecule has 0 N–H and O–H groups in total. The van der Waals surface area contributed by atoms with Gasteiger partial charge in [-0.2, -0.15) is 0 Å². The van der Waals surface area contributed by atoms with Crippen LogP contribution < -0.4 is 0 Å². The lowest BCUT2D eigenvalue weighted by atomic mass is 10.1. The van der Waals surface area contributed by atoms with Crippen LogP contribution in [0.4, 0.5) is 0 Å². The van der Waals surface area contributed by atoms with E-state index in [0.717, 1.165) is 0 Å². The van der Waals surface area contributed by atoms with Gasteiger partial charge in [-0.25, -0.2) is 10.0 Å². The summed E-state index contributed by atoms with van der Waals surface area (Å²) >= 11 is 0. The normalized spacial score (nSPS) is 12.2. The Balaban J connectivity index is 4.23. The zero-order valence-corrected chi connectivity index (χ0v) is 17.9. The average Bonchev–Trinajstić information content (AvgIpc) is 2.52. The van der Waals surface area contributed by atoms with E-state index in [0.29, 0.717) is 12.1 Å². The first-order valence-corrected chi connectivity index (χ1v) is 11.1. The summed E-state index contributed by atoms with van der Waals surface area (Å²) in [5.74, 6) is 0. The van der Waals surface area contributed by atoms with Crippen molar-refractivity contribution in [2.75, 3.05) is 13.1 Å². The van der Waals surface area contributed by atoms with Crippen LogP contribution in [0.15, 0.2) is 0 Å². The molecule has 0 aromatic carbocycles. The highest BCUT2D eigenvalue weighted by Crippen LogP contribution is 2.15. The first-order chi connectivity index (χ1) is 11.5. The summed E-state index contributed by atoms with van der Waals surface area (Å²) in [6.07, 6.45) is 16.7. The lowest BCUT2D eigenvalue weighted by Gasteiger charge is -2.41.